The highest BCUT2D eigenvalue weighted by Crippen LogP contribution is 2.28. The van der Waals surface area contributed by atoms with E-state index in [9.17, 15) is 0 Å². The van der Waals surface area contributed by atoms with Gasteiger partial charge in [0.2, 0.25) is 0 Å². The Morgan fingerprint density at radius 3 is 2.80 bits per heavy atom. The van der Waals surface area contributed by atoms with E-state index in [-0.39, 0.29) is 0 Å². The monoisotopic (exact) mass is 272 g/mol. The first-order chi connectivity index (χ1) is 9.72. The number of anilines is 1. The van der Waals surface area contributed by atoms with Crippen molar-refractivity contribution in [2.45, 2.75) is 38.1 Å². The molecule has 1 fully saturated rings. The summed E-state index contributed by atoms with van der Waals surface area (Å²) < 4.78 is 0. The molecule has 0 aromatic carbocycles. The molecule has 1 aliphatic rings. The van der Waals surface area contributed by atoms with E-state index in [2.05, 4.69) is 35.4 Å². The third kappa shape index (κ3) is 3.71. The van der Waals surface area contributed by atoms with Crippen LogP contribution in [0.4, 0.5) is 5.82 Å². The predicted molar refractivity (Wildman–Crippen MR) is 81.5 cm³/mol. The number of nitrogens with zero attached hydrogens (tertiary/aromatic N) is 3. The van der Waals surface area contributed by atoms with Crippen LogP contribution in [-0.4, -0.2) is 36.6 Å². The van der Waals surface area contributed by atoms with Crippen LogP contribution in [0.1, 0.15) is 37.7 Å². The van der Waals surface area contributed by atoms with Gasteiger partial charge in [0, 0.05) is 18.8 Å². The molecular weight excluding hydrogens is 248 g/mol. The average molecular weight is 272 g/mol. The summed E-state index contributed by atoms with van der Waals surface area (Å²) >= 11 is 0. The summed E-state index contributed by atoms with van der Waals surface area (Å²) in [6.07, 6.45) is 8.44. The van der Waals surface area contributed by atoms with Crippen LogP contribution in [0, 0.1) is 17.2 Å². The van der Waals surface area contributed by atoms with E-state index in [0.29, 0.717) is 17.4 Å². The van der Waals surface area contributed by atoms with E-state index in [1.807, 2.05) is 0 Å². The van der Waals surface area contributed by atoms with Gasteiger partial charge in [0.05, 0.1) is 5.56 Å². The molecule has 1 aromatic heterocycles. The van der Waals surface area contributed by atoms with Gasteiger partial charge in [0.25, 0.3) is 0 Å². The Labute approximate surface area is 121 Å². The summed E-state index contributed by atoms with van der Waals surface area (Å²) in [5.41, 5.74) is 0.619. The fourth-order valence-electron chi connectivity index (χ4n) is 3.13. The third-order valence-corrected chi connectivity index (χ3v) is 4.26. The lowest BCUT2D eigenvalue weighted by atomic mass is 9.83. The van der Waals surface area contributed by atoms with Crippen molar-refractivity contribution in [3.63, 3.8) is 0 Å². The molecule has 4 heteroatoms. The van der Waals surface area contributed by atoms with Crippen molar-refractivity contribution in [1.82, 2.24) is 9.88 Å². The molecule has 0 saturated heterocycles. The minimum absolute atomic E-state index is 0.504. The molecule has 4 nitrogen and oxygen atoms in total. The fourth-order valence-corrected chi connectivity index (χ4v) is 3.13. The molecule has 0 aliphatic heterocycles. The summed E-state index contributed by atoms with van der Waals surface area (Å²) in [6.45, 7) is 0.851. The zero-order chi connectivity index (χ0) is 14.4. The summed E-state index contributed by atoms with van der Waals surface area (Å²) in [5, 5.41) is 12.5. The number of aromatic nitrogens is 1. The summed E-state index contributed by atoms with van der Waals surface area (Å²) in [7, 11) is 4.29. The number of nitriles is 1. The van der Waals surface area contributed by atoms with E-state index in [0.717, 1.165) is 12.5 Å². The minimum Gasteiger partial charge on any atom is -0.367 e. The number of hydrogen-bond acceptors (Lipinski definition) is 4. The van der Waals surface area contributed by atoms with Crippen molar-refractivity contribution in [1.29, 1.82) is 5.26 Å². The average Bonchev–Trinajstić information content (AvgIpc) is 2.48. The van der Waals surface area contributed by atoms with Gasteiger partial charge in [-0.1, -0.05) is 19.3 Å². The zero-order valence-electron chi connectivity index (χ0n) is 12.5. The number of pyridine rings is 1. The molecule has 20 heavy (non-hydrogen) atoms. The highest BCUT2D eigenvalue weighted by molar-refractivity contribution is 5.51. The van der Waals surface area contributed by atoms with Gasteiger partial charge in [0.1, 0.15) is 11.9 Å². The Balaban J connectivity index is 2.00. The smallest absolute Gasteiger partial charge is 0.143 e. The molecule has 2 rings (SSSR count). The molecule has 1 saturated carbocycles. The second-order valence-electron chi connectivity index (χ2n) is 5.82. The Hall–Kier alpha value is -1.60. The number of hydrogen-bond donors (Lipinski definition) is 1. The van der Waals surface area contributed by atoms with Crippen LogP contribution in [0.3, 0.4) is 0 Å². The van der Waals surface area contributed by atoms with Crippen molar-refractivity contribution >= 4 is 5.82 Å². The molecule has 0 unspecified atom stereocenters. The van der Waals surface area contributed by atoms with Gasteiger partial charge >= 0.3 is 0 Å². The maximum absolute atomic E-state index is 9.10. The molecule has 0 radical (unpaired) electrons. The second-order valence-corrected chi connectivity index (χ2v) is 5.82. The van der Waals surface area contributed by atoms with Gasteiger partial charge in [-0.3, -0.25) is 0 Å². The van der Waals surface area contributed by atoms with Crippen molar-refractivity contribution in [3.05, 3.63) is 23.9 Å². The molecule has 1 N–H and O–H groups in total. The van der Waals surface area contributed by atoms with E-state index < -0.39 is 0 Å². The first-order valence-corrected chi connectivity index (χ1v) is 7.48. The van der Waals surface area contributed by atoms with Crippen molar-refractivity contribution in [2.75, 3.05) is 26.0 Å². The molecule has 0 bridgehead atoms. The van der Waals surface area contributed by atoms with Gasteiger partial charge in [-0.15, -0.1) is 0 Å². The lowest BCUT2D eigenvalue weighted by molar-refractivity contribution is 0.179. The van der Waals surface area contributed by atoms with Gasteiger partial charge in [-0.25, -0.2) is 4.98 Å². The number of likely N-dealkylation sites (N-methyl/N-ethyl adjacent to an activating group) is 1. The largest absolute Gasteiger partial charge is 0.367 e. The van der Waals surface area contributed by atoms with Gasteiger partial charge in [-0.2, -0.15) is 5.26 Å². The van der Waals surface area contributed by atoms with Crippen LogP contribution in [-0.2, 0) is 0 Å². The molecule has 1 aliphatic carbocycles. The Kier molecular flexibility index (Phi) is 5.37. The first kappa shape index (κ1) is 14.8. The van der Waals surface area contributed by atoms with Gasteiger partial charge < -0.3 is 10.2 Å². The SMILES string of the molecule is CN(C)[C@H](CNc1ncccc1C#N)C1CCCCC1. The maximum atomic E-state index is 9.10. The third-order valence-electron chi connectivity index (χ3n) is 4.26. The highest BCUT2D eigenvalue weighted by atomic mass is 15.1. The van der Waals surface area contributed by atoms with Crippen LogP contribution in [0.2, 0.25) is 0 Å². The summed E-state index contributed by atoms with van der Waals surface area (Å²) in [6, 6.07) is 6.30. The normalized spacial score (nSPS) is 17.7. The maximum Gasteiger partial charge on any atom is 0.143 e. The molecule has 108 valence electrons. The lowest BCUT2D eigenvalue weighted by Gasteiger charge is -2.35. The molecule has 1 atom stereocenters. The Morgan fingerprint density at radius 2 is 2.15 bits per heavy atom. The zero-order valence-corrected chi connectivity index (χ0v) is 12.5. The van der Waals surface area contributed by atoms with Crippen LogP contribution >= 0.6 is 0 Å². The van der Waals surface area contributed by atoms with E-state index in [1.165, 1.54) is 32.1 Å². The van der Waals surface area contributed by atoms with E-state index in [4.69, 9.17) is 5.26 Å². The van der Waals surface area contributed by atoms with Crippen LogP contribution in [0.5, 0.6) is 0 Å². The van der Waals surface area contributed by atoms with E-state index >= 15 is 0 Å². The lowest BCUT2D eigenvalue weighted by Crippen LogP contribution is -2.41. The molecule has 1 heterocycles. The van der Waals surface area contributed by atoms with Crippen LogP contribution < -0.4 is 5.32 Å². The topological polar surface area (TPSA) is 52.0 Å². The second kappa shape index (κ2) is 7.25. The van der Waals surface area contributed by atoms with Crippen LogP contribution in [0.15, 0.2) is 18.3 Å². The first-order valence-electron chi connectivity index (χ1n) is 7.48. The highest BCUT2D eigenvalue weighted by Gasteiger charge is 2.25. The predicted octanol–water partition coefficient (Wildman–Crippen LogP) is 2.88. The quantitative estimate of drug-likeness (QED) is 0.895. The molecular formula is C16H24N4. The van der Waals surface area contributed by atoms with Gasteiger partial charge in [-0.05, 0) is 45.0 Å². The van der Waals surface area contributed by atoms with Crippen molar-refractivity contribution < 1.29 is 0 Å². The summed E-state index contributed by atoms with van der Waals surface area (Å²) in [4.78, 5) is 6.58. The van der Waals surface area contributed by atoms with E-state index in [1.54, 1.807) is 18.3 Å². The minimum atomic E-state index is 0.504. The summed E-state index contributed by atoms with van der Waals surface area (Å²) in [5.74, 6) is 1.46. The van der Waals surface area contributed by atoms with Crippen molar-refractivity contribution in [3.8, 4) is 6.07 Å². The molecule has 0 spiro atoms. The number of rotatable bonds is 5. The van der Waals surface area contributed by atoms with Gasteiger partial charge in [0.15, 0.2) is 0 Å². The fraction of sp³-hybridized carbons (Fsp3) is 0.625. The molecule has 0 amide bonds. The Bertz CT molecular complexity index is 458. The number of nitrogens with one attached hydrogen (secondary N) is 1. The molecule has 1 aromatic rings. The van der Waals surface area contributed by atoms with Crippen LogP contribution in [0.25, 0.3) is 0 Å². The van der Waals surface area contributed by atoms with Crippen molar-refractivity contribution in [2.24, 2.45) is 5.92 Å². The standard InChI is InChI=1S/C16H24N4/c1-20(2)15(13-7-4-3-5-8-13)12-19-16-14(11-17)9-6-10-18-16/h6,9-10,13,15H,3-5,7-8,12H2,1-2H3,(H,18,19)/t15-/m1/s1. The Morgan fingerprint density at radius 1 is 1.40 bits per heavy atom.